The molecule has 0 spiro atoms. The second kappa shape index (κ2) is 7.03. The van der Waals surface area contributed by atoms with E-state index in [1.807, 2.05) is 47.7 Å². The first kappa shape index (κ1) is 17.9. The van der Waals surface area contributed by atoms with E-state index in [-0.39, 0.29) is 17.6 Å². The van der Waals surface area contributed by atoms with Crippen LogP contribution in [0.5, 0.6) is 0 Å². The van der Waals surface area contributed by atoms with Gasteiger partial charge in [0.25, 0.3) is 0 Å². The molecule has 1 saturated heterocycles. The number of carbonyl (C=O) groups is 1. The first-order valence-electron chi connectivity index (χ1n) is 9.78. The Balaban J connectivity index is 1.41. The van der Waals surface area contributed by atoms with Crippen molar-refractivity contribution in [3.05, 3.63) is 83.7 Å². The van der Waals surface area contributed by atoms with E-state index in [2.05, 4.69) is 6.07 Å². The van der Waals surface area contributed by atoms with Gasteiger partial charge in [0.15, 0.2) is 0 Å². The molecular formula is C23H20BFN2O2. The molecule has 1 aliphatic rings. The zero-order valence-corrected chi connectivity index (χ0v) is 16.1. The molecule has 4 nitrogen and oxygen atoms in total. The standard InChI is InChI=1S/C23H20BFN2O2/c1-15-9-19(18-6-8-29-14-18)12-27-13-21(24-22(15)27)23(28)26-7-5-17(11-26)16-3-2-4-20(25)10-16/h2-4,6,8-10,12-14,17H,5,7,11H2,1H3. The fourth-order valence-electron chi connectivity index (χ4n) is 4.26. The van der Waals surface area contributed by atoms with Crippen molar-refractivity contribution in [3.63, 3.8) is 0 Å². The van der Waals surface area contributed by atoms with Crippen LogP contribution < -0.4 is 0 Å². The number of amides is 1. The summed E-state index contributed by atoms with van der Waals surface area (Å²) in [6.45, 7) is 5.30. The van der Waals surface area contributed by atoms with Crippen LogP contribution in [0.25, 0.3) is 16.5 Å². The number of rotatable bonds is 3. The molecule has 0 saturated carbocycles. The van der Waals surface area contributed by atoms with E-state index in [1.54, 1.807) is 24.7 Å². The average Bonchev–Trinajstić information content (AvgIpc) is 3.47. The van der Waals surface area contributed by atoms with E-state index in [4.69, 9.17) is 4.42 Å². The number of carbonyl (C=O) groups excluding carboxylic acids is 1. The van der Waals surface area contributed by atoms with Gasteiger partial charge < -0.3 is 0 Å². The number of likely N-dealkylation sites (tertiary alicyclic amines) is 1. The van der Waals surface area contributed by atoms with Crippen molar-refractivity contribution in [1.29, 1.82) is 0 Å². The number of aromatic nitrogens is 1. The van der Waals surface area contributed by atoms with E-state index in [1.165, 1.54) is 6.07 Å². The molecule has 1 aliphatic heterocycles. The van der Waals surface area contributed by atoms with Gasteiger partial charge in [0.1, 0.15) is 0 Å². The Hall–Kier alpha value is -3.15. The number of pyridine rings is 1. The topological polar surface area (TPSA) is 37.9 Å². The van der Waals surface area contributed by atoms with Gasteiger partial charge in [0.2, 0.25) is 0 Å². The van der Waals surface area contributed by atoms with Gasteiger partial charge in [-0.1, -0.05) is 0 Å². The molecule has 0 N–H and O–H groups in total. The van der Waals surface area contributed by atoms with Gasteiger partial charge in [0, 0.05) is 0 Å². The maximum atomic E-state index is 13.5. The molecule has 6 heteroatoms. The molecule has 4 heterocycles. The number of furan rings is 1. The number of hydrogen-bond acceptors (Lipinski definition) is 2. The van der Waals surface area contributed by atoms with Crippen molar-refractivity contribution in [2.45, 2.75) is 19.3 Å². The van der Waals surface area contributed by atoms with Crippen molar-refractivity contribution in [1.82, 2.24) is 9.30 Å². The molecule has 144 valence electrons. The molecule has 1 amide bonds. The molecule has 1 atom stereocenters. The Morgan fingerprint density at radius 1 is 1.21 bits per heavy atom. The van der Waals surface area contributed by atoms with Crippen molar-refractivity contribution >= 4 is 18.2 Å². The quantitative estimate of drug-likeness (QED) is 0.516. The minimum absolute atomic E-state index is 0.0249. The number of nitrogens with zero attached hydrogens (tertiary/aromatic N) is 2. The number of hydrogen-bond donors (Lipinski definition) is 0. The summed E-state index contributed by atoms with van der Waals surface area (Å²) in [5.41, 5.74) is 5.81. The molecule has 0 aliphatic carbocycles. The van der Waals surface area contributed by atoms with Crippen molar-refractivity contribution < 1.29 is 13.6 Å². The van der Waals surface area contributed by atoms with Crippen LogP contribution >= 0.6 is 0 Å². The molecule has 29 heavy (non-hydrogen) atoms. The maximum absolute atomic E-state index is 13.5. The van der Waals surface area contributed by atoms with Crippen LogP contribution in [0.2, 0.25) is 0 Å². The molecule has 1 fully saturated rings. The van der Waals surface area contributed by atoms with Gasteiger partial charge in [-0.2, -0.15) is 0 Å². The summed E-state index contributed by atoms with van der Waals surface area (Å²) in [4.78, 5) is 15.0. The van der Waals surface area contributed by atoms with E-state index in [0.717, 1.165) is 34.1 Å². The Bertz CT molecular complexity index is 1200. The van der Waals surface area contributed by atoms with Gasteiger partial charge >= 0.3 is 168 Å². The van der Waals surface area contributed by atoms with Gasteiger partial charge in [-0.25, -0.2) is 0 Å². The fourth-order valence-corrected chi connectivity index (χ4v) is 4.26. The molecule has 1 unspecified atom stereocenters. The molecule has 0 radical (unpaired) electrons. The molecule has 5 rings (SSSR count). The van der Waals surface area contributed by atoms with E-state index >= 15 is 0 Å². The predicted molar refractivity (Wildman–Crippen MR) is 111 cm³/mol. The number of benzene rings is 1. The Morgan fingerprint density at radius 3 is 2.90 bits per heavy atom. The molecule has 0 bridgehead atoms. The molecule has 3 aromatic heterocycles. The van der Waals surface area contributed by atoms with Crippen LogP contribution in [-0.4, -0.2) is 35.2 Å². The third-order valence-electron chi connectivity index (χ3n) is 5.80. The average molecular weight is 386 g/mol. The number of aryl methyl sites for hydroxylation is 1. The predicted octanol–water partition coefficient (Wildman–Crippen LogP) is 4.61. The minimum atomic E-state index is -0.227. The van der Waals surface area contributed by atoms with Crippen LogP contribution in [0.15, 0.2) is 65.7 Å². The van der Waals surface area contributed by atoms with Crippen molar-refractivity contribution in [2.75, 3.05) is 13.1 Å². The summed E-state index contributed by atoms with van der Waals surface area (Å²) >= 11 is 0. The van der Waals surface area contributed by atoms with E-state index in [9.17, 15) is 9.18 Å². The van der Waals surface area contributed by atoms with Crippen LogP contribution in [0, 0.1) is 12.7 Å². The fraction of sp³-hybridized carbons (Fsp3) is 0.217. The van der Waals surface area contributed by atoms with Gasteiger partial charge in [0.05, 0.1) is 0 Å². The first-order chi connectivity index (χ1) is 14.1. The van der Waals surface area contributed by atoms with Crippen molar-refractivity contribution in [2.24, 2.45) is 0 Å². The summed E-state index contributed by atoms with van der Waals surface area (Å²) < 4.78 is 20.7. The first-order valence-corrected chi connectivity index (χ1v) is 9.78. The van der Waals surface area contributed by atoms with Crippen LogP contribution in [0.4, 0.5) is 4.39 Å². The van der Waals surface area contributed by atoms with Gasteiger partial charge in [-0.3, -0.25) is 0 Å². The van der Waals surface area contributed by atoms with E-state index in [0.29, 0.717) is 18.5 Å². The molecule has 1 aromatic carbocycles. The Labute approximate surface area is 168 Å². The van der Waals surface area contributed by atoms with Crippen molar-refractivity contribution in [3.8, 4) is 11.1 Å². The Kier molecular flexibility index (Phi) is 4.34. The summed E-state index contributed by atoms with van der Waals surface area (Å²) in [5.74, 6) is -0.0205. The van der Waals surface area contributed by atoms with Gasteiger partial charge in [-0.15, -0.1) is 0 Å². The second-order valence-electron chi connectivity index (χ2n) is 7.74. The summed E-state index contributed by atoms with van der Waals surface area (Å²) in [6.07, 6.45) is 8.13. The van der Waals surface area contributed by atoms with Crippen LogP contribution in [0.3, 0.4) is 0 Å². The normalized spacial score (nSPS) is 16.5. The molecular weight excluding hydrogens is 366 g/mol. The third kappa shape index (κ3) is 3.29. The zero-order chi connectivity index (χ0) is 20.0. The second-order valence-corrected chi connectivity index (χ2v) is 7.74. The summed E-state index contributed by atoms with van der Waals surface area (Å²) in [6, 6.07) is 10.7. The zero-order valence-electron chi connectivity index (χ0n) is 16.1. The summed E-state index contributed by atoms with van der Waals surface area (Å²) in [7, 11) is 0. The number of halogens is 1. The number of fused-ring (bicyclic) bond motifs is 1. The van der Waals surface area contributed by atoms with Crippen LogP contribution in [-0.2, 0) is 0 Å². The summed E-state index contributed by atoms with van der Waals surface area (Å²) in [5, 5.41) is 0. The SMILES string of the molecule is Cc1cc(-c2ccoc2)cn2cc(C(=O)N3CCC(c4cccc(F)c4)C3)bc12. The van der Waals surface area contributed by atoms with Crippen LogP contribution in [0.1, 0.15) is 33.7 Å². The van der Waals surface area contributed by atoms with E-state index < -0.39 is 0 Å². The van der Waals surface area contributed by atoms with Gasteiger partial charge in [-0.05, 0) is 0 Å². The third-order valence-corrected chi connectivity index (χ3v) is 5.80. The Morgan fingerprint density at radius 2 is 2.10 bits per heavy atom. The monoisotopic (exact) mass is 386 g/mol. The molecule has 4 aromatic rings.